The maximum atomic E-state index is 14.3. The molecule has 4 aromatic rings. The first-order chi connectivity index (χ1) is 19.8. The molecule has 3 aromatic carbocycles. The van der Waals surface area contributed by atoms with Crippen LogP contribution in [-0.2, 0) is 11.3 Å². The molecule has 0 saturated heterocycles. The summed E-state index contributed by atoms with van der Waals surface area (Å²) in [7, 11) is 5.40. The number of carbonyl (C=O) groups excluding carboxylic acids is 2. The van der Waals surface area contributed by atoms with Crippen LogP contribution in [0.15, 0.2) is 60.7 Å². The number of nitrogens with one attached hydrogen (secondary N) is 1. The Kier molecular flexibility index (Phi) is 8.97. The Morgan fingerprint density at radius 1 is 1.07 bits per heavy atom. The summed E-state index contributed by atoms with van der Waals surface area (Å²) in [6, 6.07) is 20.6. The molecule has 1 aromatic heterocycles. The zero-order valence-corrected chi connectivity index (χ0v) is 25.5. The Morgan fingerprint density at radius 2 is 1.78 bits per heavy atom. The molecule has 0 atom stereocenters. The lowest BCUT2D eigenvalue weighted by Gasteiger charge is -2.37. The van der Waals surface area contributed by atoms with Gasteiger partial charge in [0.15, 0.2) is 0 Å². The van der Waals surface area contributed by atoms with Crippen molar-refractivity contribution in [2.24, 2.45) is 0 Å². The maximum Gasteiger partial charge on any atom is 0.266 e. The normalized spacial score (nSPS) is 16.9. The van der Waals surface area contributed by atoms with Gasteiger partial charge in [-0.3, -0.25) is 9.59 Å². The van der Waals surface area contributed by atoms with Gasteiger partial charge in [0, 0.05) is 47.0 Å². The summed E-state index contributed by atoms with van der Waals surface area (Å²) in [5.74, 6) is 0.711. The lowest BCUT2D eigenvalue weighted by Crippen LogP contribution is -2.44. The zero-order chi connectivity index (χ0) is 29.1. The molecule has 41 heavy (non-hydrogen) atoms. The van der Waals surface area contributed by atoms with Gasteiger partial charge in [0.25, 0.3) is 5.91 Å². The summed E-state index contributed by atoms with van der Waals surface area (Å²) in [6.07, 6.45) is 4.67. The third kappa shape index (κ3) is 5.98. The van der Waals surface area contributed by atoms with Crippen molar-refractivity contribution in [1.29, 1.82) is 0 Å². The molecule has 1 fully saturated rings. The number of anilines is 1. The third-order valence-electron chi connectivity index (χ3n) is 8.25. The van der Waals surface area contributed by atoms with Gasteiger partial charge in [-0.15, -0.1) is 11.3 Å². The summed E-state index contributed by atoms with van der Waals surface area (Å²) in [5.41, 5.74) is 4.87. The van der Waals surface area contributed by atoms with Gasteiger partial charge in [0.1, 0.15) is 10.6 Å². The quantitative estimate of drug-likeness (QED) is 0.208. The van der Waals surface area contributed by atoms with Crippen molar-refractivity contribution >= 4 is 51.0 Å². The van der Waals surface area contributed by atoms with E-state index in [1.807, 2.05) is 73.5 Å². The van der Waals surface area contributed by atoms with Crippen LogP contribution in [0.5, 0.6) is 5.75 Å². The molecule has 0 aliphatic heterocycles. The number of ether oxygens (including phenoxy) is 1. The molecule has 2 amide bonds. The van der Waals surface area contributed by atoms with Crippen LogP contribution in [0.3, 0.4) is 0 Å². The van der Waals surface area contributed by atoms with Gasteiger partial charge in [-0.1, -0.05) is 41.9 Å². The first kappa shape index (κ1) is 29.1. The summed E-state index contributed by atoms with van der Waals surface area (Å²) in [5, 5.41) is 4.91. The fourth-order valence-electron chi connectivity index (χ4n) is 5.80. The average molecular weight is 590 g/mol. The molecule has 1 heterocycles. The monoisotopic (exact) mass is 589 g/mol. The highest BCUT2D eigenvalue weighted by Crippen LogP contribution is 2.40. The second kappa shape index (κ2) is 12.6. The Balaban J connectivity index is 1.52. The number of carbonyl (C=O) groups is 2. The average Bonchev–Trinajstić information content (AvgIpc) is 3.36. The van der Waals surface area contributed by atoms with Crippen LogP contribution >= 0.6 is 22.9 Å². The van der Waals surface area contributed by atoms with E-state index in [4.69, 9.17) is 16.3 Å². The summed E-state index contributed by atoms with van der Waals surface area (Å²) in [6.45, 7) is 2.45. The Hall–Kier alpha value is -3.39. The van der Waals surface area contributed by atoms with E-state index in [0.29, 0.717) is 22.5 Å². The second-order valence-corrected chi connectivity index (χ2v) is 12.1. The molecule has 6 nitrogen and oxygen atoms in total. The molecular weight excluding hydrogens is 554 g/mol. The summed E-state index contributed by atoms with van der Waals surface area (Å²) >= 11 is 8.38. The van der Waals surface area contributed by atoms with Gasteiger partial charge in [-0.25, -0.2) is 0 Å². The smallest absolute Gasteiger partial charge is 0.266 e. The molecule has 0 unspecified atom stereocenters. The molecule has 0 spiro atoms. The number of aryl methyl sites for hydroxylation is 1. The van der Waals surface area contributed by atoms with Crippen LogP contribution in [-0.4, -0.2) is 50.5 Å². The number of fused-ring (bicyclic) bond motifs is 1. The van der Waals surface area contributed by atoms with Crippen molar-refractivity contribution in [3.8, 4) is 16.9 Å². The van der Waals surface area contributed by atoms with Gasteiger partial charge in [-0.05, 0) is 86.7 Å². The van der Waals surface area contributed by atoms with Crippen LogP contribution in [0.4, 0.5) is 5.69 Å². The molecule has 8 heteroatoms. The van der Waals surface area contributed by atoms with Gasteiger partial charge in [-0.2, -0.15) is 0 Å². The van der Waals surface area contributed by atoms with Crippen LogP contribution < -0.4 is 15.0 Å². The number of thiophene rings is 1. The van der Waals surface area contributed by atoms with E-state index in [1.165, 1.54) is 16.2 Å². The third-order valence-corrected chi connectivity index (χ3v) is 9.89. The first-order valence-electron chi connectivity index (χ1n) is 14.0. The van der Waals surface area contributed by atoms with Gasteiger partial charge in [0.05, 0.1) is 12.1 Å². The van der Waals surface area contributed by atoms with Crippen LogP contribution in [0.2, 0.25) is 5.02 Å². The fourth-order valence-corrected chi connectivity index (χ4v) is 7.43. The number of rotatable bonds is 9. The number of methoxy groups -OCH3 is 1. The highest BCUT2D eigenvalue weighted by molar-refractivity contribution is 7.21. The molecular formula is C33H36ClN3O3S. The molecule has 5 rings (SSSR count). The highest BCUT2D eigenvalue weighted by atomic mass is 35.5. The standard InChI is InChI=1S/C33H36ClN3O3S/c1-21-6-5-7-29-30(21)31(34)32(41-29)33(39)37(27-15-11-25(35-2)12-16-27)19-24-18-23(10-17-28(24)40-4)22-8-13-26(14-9-22)36(3)20-38/h5-10,13-14,17-18,20,25,27,35H,11-12,15-16,19H2,1-4H3/t25-,27-. The predicted octanol–water partition coefficient (Wildman–Crippen LogP) is 7.30. The minimum absolute atomic E-state index is 0.0304. The molecule has 1 N–H and O–H groups in total. The minimum Gasteiger partial charge on any atom is -0.496 e. The van der Waals surface area contributed by atoms with E-state index < -0.39 is 0 Å². The molecule has 0 bridgehead atoms. The van der Waals surface area contributed by atoms with Crippen molar-refractivity contribution in [2.45, 2.75) is 51.2 Å². The molecule has 214 valence electrons. The summed E-state index contributed by atoms with van der Waals surface area (Å²) < 4.78 is 6.81. The van der Waals surface area contributed by atoms with Crippen molar-refractivity contribution < 1.29 is 14.3 Å². The van der Waals surface area contributed by atoms with Crippen LogP contribution in [0.25, 0.3) is 21.2 Å². The highest BCUT2D eigenvalue weighted by Gasteiger charge is 2.32. The Labute approximate surface area is 250 Å². The molecule has 1 aliphatic carbocycles. The van der Waals surface area contributed by atoms with Crippen molar-refractivity contribution in [2.75, 3.05) is 26.1 Å². The van der Waals surface area contributed by atoms with E-state index >= 15 is 0 Å². The number of halogens is 1. The van der Waals surface area contributed by atoms with E-state index in [0.717, 1.165) is 75.9 Å². The van der Waals surface area contributed by atoms with Crippen LogP contribution in [0, 0.1) is 6.92 Å². The second-order valence-electron chi connectivity index (χ2n) is 10.7. The number of hydrogen-bond donors (Lipinski definition) is 1. The lowest BCUT2D eigenvalue weighted by atomic mass is 9.89. The largest absolute Gasteiger partial charge is 0.496 e. The zero-order valence-electron chi connectivity index (χ0n) is 23.9. The number of nitrogens with zero attached hydrogens (tertiary/aromatic N) is 2. The number of benzene rings is 3. The molecule has 1 aliphatic rings. The first-order valence-corrected chi connectivity index (χ1v) is 15.1. The lowest BCUT2D eigenvalue weighted by molar-refractivity contribution is -0.107. The van der Waals surface area contributed by atoms with E-state index in [-0.39, 0.29) is 11.9 Å². The SMILES string of the molecule is CN[C@H]1CC[C@H](N(Cc2cc(-c3ccc(N(C)C=O)cc3)ccc2OC)C(=O)c2sc3cccc(C)c3c2Cl)CC1. The molecule has 0 radical (unpaired) electrons. The van der Waals surface area contributed by atoms with Crippen LogP contribution in [0.1, 0.15) is 46.5 Å². The van der Waals surface area contributed by atoms with Gasteiger partial charge in [0.2, 0.25) is 6.41 Å². The van der Waals surface area contributed by atoms with E-state index in [1.54, 1.807) is 14.2 Å². The predicted molar refractivity (Wildman–Crippen MR) is 169 cm³/mol. The van der Waals surface area contributed by atoms with Crippen molar-refractivity contribution in [1.82, 2.24) is 10.2 Å². The van der Waals surface area contributed by atoms with Gasteiger partial charge < -0.3 is 19.9 Å². The van der Waals surface area contributed by atoms with E-state index in [9.17, 15) is 9.59 Å². The topological polar surface area (TPSA) is 61.9 Å². The number of amides is 2. The fraction of sp³-hybridized carbons (Fsp3) is 0.333. The van der Waals surface area contributed by atoms with Gasteiger partial charge >= 0.3 is 0 Å². The van der Waals surface area contributed by atoms with Crippen molar-refractivity contribution in [3.63, 3.8) is 0 Å². The summed E-state index contributed by atoms with van der Waals surface area (Å²) in [4.78, 5) is 29.7. The Morgan fingerprint density at radius 3 is 2.41 bits per heavy atom. The number of hydrogen-bond acceptors (Lipinski definition) is 5. The maximum absolute atomic E-state index is 14.3. The van der Waals surface area contributed by atoms with Crippen molar-refractivity contribution in [3.05, 3.63) is 81.7 Å². The molecule has 1 saturated carbocycles. The minimum atomic E-state index is -0.0304. The van der Waals surface area contributed by atoms with E-state index in [2.05, 4.69) is 11.4 Å². The Bertz CT molecular complexity index is 1540.